The van der Waals surface area contributed by atoms with Crippen LogP contribution < -0.4 is 0 Å². The number of carboxylic acid groups (broad SMARTS) is 1. The normalized spacial score (nSPS) is 10.9. The predicted molar refractivity (Wildman–Crippen MR) is 112 cm³/mol. The van der Waals surface area contributed by atoms with Crippen molar-refractivity contribution < 1.29 is 19.4 Å². The number of carboxylic acids is 1. The standard InChI is InChI=1S/C25H19FO3/c26-21-11-8-17(9-12-21)19-10-13-22(25(28)29)20(15-19)7-5-16-4-6-18-2-1-3-24(27)23(18)14-16/h1-4,6,8-15,27H,5,7H2,(H,28,29). The zero-order valence-corrected chi connectivity index (χ0v) is 15.6. The zero-order valence-electron chi connectivity index (χ0n) is 15.6. The van der Waals surface area contributed by atoms with Gasteiger partial charge < -0.3 is 10.2 Å². The Kier molecular flexibility index (Phi) is 5.00. The van der Waals surface area contributed by atoms with E-state index < -0.39 is 5.97 Å². The van der Waals surface area contributed by atoms with Gasteiger partial charge in [0.25, 0.3) is 0 Å². The molecule has 0 heterocycles. The first-order valence-corrected chi connectivity index (χ1v) is 9.34. The highest BCUT2D eigenvalue weighted by Crippen LogP contribution is 2.27. The van der Waals surface area contributed by atoms with Crippen LogP contribution in [0.5, 0.6) is 5.75 Å². The fourth-order valence-electron chi connectivity index (χ4n) is 3.57. The largest absolute Gasteiger partial charge is 0.507 e. The van der Waals surface area contributed by atoms with Gasteiger partial charge in [-0.05, 0) is 70.8 Å². The molecule has 0 saturated heterocycles. The van der Waals surface area contributed by atoms with E-state index in [2.05, 4.69) is 0 Å². The quantitative estimate of drug-likeness (QED) is 0.453. The second-order valence-corrected chi connectivity index (χ2v) is 7.02. The van der Waals surface area contributed by atoms with Crippen LogP contribution in [0.15, 0.2) is 78.9 Å². The average Bonchev–Trinajstić information content (AvgIpc) is 2.73. The third-order valence-electron chi connectivity index (χ3n) is 5.12. The monoisotopic (exact) mass is 386 g/mol. The third kappa shape index (κ3) is 3.97. The maximum atomic E-state index is 13.2. The van der Waals surface area contributed by atoms with E-state index in [0.29, 0.717) is 12.8 Å². The number of phenols is 1. The maximum Gasteiger partial charge on any atom is 0.335 e. The SMILES string of the molecule is O=C(O)c1ccc(-c2ccc(F)cc2)cc1CCc1ccc2cccc(O)c2c1. The van der Waals surface area contributed by atoms with Crippen molar-refractivity contribution in [2.45, 2.75) is 12.8 Å². The lowest BCUT2D eigenvalue weighted by molar-refractivity contribution is 0.0695. The highest BCUT2D eigenvalue weighted by Gasteiger charge is 2.12. The van der Waals surface area contributed by atoms with E-state index in [4.69, 9.17) is 0 Å². The van der Waals surface area contributed by atoms with Crippen LogP contribution in [0, 0.1) is 5.82 Å². The van der Waals surface area contributed by atoms with Gasteiger partial charge in [0, 0.05) is 5.39 Å². The number of halogens is 1. The van der Waals surface area contributed by atoms with Crippen molar-refractivity contribution in [2.75, 3.05) is 0 Å². The number of aryl methyl sites for hydroxylation is 2. The number of benzene rings is 4. The number of fused-ring (bicyclic) bond motifs is 1. The molecule has 0 fully saturated rings. The maximum absolute atomic E-state index is 13.2. The van der Waals surface area contributed by atoms with E-state index in [-0.39, 0.29) is 17.1 Å². The molecule has 3 nitrogen and oxygen atoms in total. The lowest BCUT2D eigenvalue weighted by Crippen LogP contribution is -2.04. The molecule has 2 N–H and O–H groups in total. The third-order valence-corrected chi connectivity index (χ3v) is 5.12. The number of hydrogen-bond acceptors (Lipinski definition) is 2. The zero-order chi connectivity index (χ0) is 20.4. The Morgan fingerprint density at radius 2 is 1.59 bits per heavy atom. The minimum atomic E-state index is -0.971. The van der Waals surface area contributed by atoms with Gasteiger partial charge in [0.15, 0.2) is 0 Å². The first-order valence-electron chi connectivity index (χ1n) is 9.34. The molecule has 0 spiro atoms. The topological polar surface area (TPSA) is 57.5 Å². The molecule has 4 aromatic rings. The van der Waals surface area contributed by atoms with Crippen LogP contribution in [0.25, 0.3) is 21.9 Å². The number of aromatic hydroxyl groups is 1. The summed E-state index contributed by atoms with van der Waals surface area (Å²) in [6, 6.07) is 22.6. The lowest BCUT2D eigenvalue weighted by Gasteiger charge is -2.11. The second-order valence-electron chi connectivity index (χ2n) is 7.02. The Hall–Kier alpha value is -3.66. The van der Waals surface area contributed by atoms with Gasteiger partial charge in [-0.15, -0.1) is 0 Å². The summed E-state index contributed by atoms with van der Waals surface area (Å²) in [7, 11) is 0. The van der Waals surface area contributed by atoms with Gasteiger partial charge in [0.05, 0.1) is 5.56 Å². The summed E-state index contributed by atoms with van der Waals surface area (Å²) in [6.45, 7) is 0. The molecule has 29 heavy (non-hydrogen) atoms. The van der Waals surface area contributed by atoms with Crippen LogP contribution in [0.4, 0.5) is 4.39 Å². The van der Waals surface area contributed by atoms with Gasteiger partial charge in [0.2, 0.25) is 0 Å². The second kappa shape index (κ2) is 7.76. The summed E-state index contributed by atoms with van der Waals surface area (Å²) in [4.78, 5) is 11.7. The summed E-state index contributed by atoms with van der Waals surface area (Å²) in [5, 5.41) is 21.4. The molecule has 0 aliphatic rings. The predicted octanol–water partition coefficient (Wildman–Crippen LogP) is 5.83. The van der Waals surface area contributed by atoms with Crippen molar-refractivity contribution in [1.82, 2.24) is 0 Å². The molecule has 0 saturated carbocycles. The smallest absolute Gasteiger partial charge is 0.335 e. The number of hydrogen-bond donors (Lipinski definition) is 2. The molecule has 0 atom stereocenters. The molecule has 0 aliphatic carbocycles. The first kappa shape index (κ1) is 18.7. The highest BCUT2D eigenvalue weighted by atomic mass is 19.1. The summed E-state index contributed by atoms with van der Waals surface area (Å²) in [5.74, 6) is -1.05. The molecule has 144 valence electrons. The van der Waals surface area contributed by atoms with Crippen molar-refractivity contribution in [1.29, 1.82) is 0 Å². The lowest BCUT2D eigenvalue weighted by atomic mass is 9.94. The number of aromatic carboxylic acids is 1. The molecule has 4 rings (SSSR count). The molecule has 0 amide bonds. The Morgan fingerprint density at radius 1 is 0.828 bits per heavy atom. The Bertz CT molecular complexity index is 1200. The molecular weight excluding hydrogens is 367 g/mol. The van der Waals surface area contributed by atoms with E-state index in [1.165, 1.54) is 12.1 Å². The molecule has 4 aromatic carbocycles. The van der Waals surface area contributed by atoms with E-state index in [0.717, 1.165) is 33.0 Å². The van der Waals surface area contributed by atoms with Gasteiger partial charge in [0.1, 0.15) is 11.6 Å². The minimum Gasteiger partial charge on any atom is -0.507 e. The summed E-state index contributed by atoms with van der Waals surface area (Å²) < 4.78 is 13.2. The van der Waals surface area contributed by atoms with Gasteiger partial charge in [-0.3, -0.25) is 0 Å². The van der Waals surface area contributed by atoms with E-state index in [1.807, 2.05) is 30.3 Å². The van der Waals surface area contributed by atoms with E-state index in [9.17, 15) is 19.4 Å². The van der Waals surface area contributed by atoms with Gasteiger partial charge in [-0.25, -0.2) is 9.18 Å². The van der Waals surface area contributed by atoms with Crippen molar-refractivity contribution in [3.8, 4) is 16.9 Å². The Balaban J connectivity index is 1.64. The van der Waals surface area contributed by atoms with Crippen LogP contribution in [-0.4, -0.2) is 16.2 Å². The molecular formula is C25H19FO3. The number of rotatable bonds is 5. The van der Waals surface area contributed by atoms with Crippen LogP contribution in [0.2, 0.25) is 0 Å². The van der Waals surface area contributed by atoms with E-state index >= 15 is 0 Å². The molecule has 0 aromatic heterocycles. The van der Waals surface area contributed by atoms with Crippen molar-refractivity contribution in [3.63, 3.8) is 0 Å². The van der Waals surface area contributed by atoms with Gasteiger partial charge in [-0.2, -0.15) is 0 Å². The van der Waals surface area contributed by atoms with Crippen LogP contribution >= 0.6 is 0 Å². The fourth-order valence-corrected chi connectivity index (χ4v) is 3.57. The molecule has 0 radical (unpaired) electrons. The summed E-state index contributed by atoms with van der Waals surface area (Å²) >= 11 is 0. The fraction of sp³-hybridized carbons (Fsp3) is 0.0800. The van der Waals surface area contributed by atoms with Crippen LogP contribution in [0.1, 0.15) is 21.5 Å². The first-order chi connectivity index (χ1) is 14.0. The average molecular weight is 386 g/mol. The summed E-state index contributed by atoms with van der Waals surface area (Å²) in [5.41, 5.74) is 3.68. The molecule has 0 bridgehead atoms. The van der Waals surface area contributed by atoms with Gasteiger partial charge in [-0.1, -0.05) is 48.5 Å². The summed E-state index contributed by atoms with van der Waals surface area (Å²) in [6.07, 6.45) is 1.17. The van der Waals surface area contributed by atoms with E-state index in [1.54, 1.807) is 36.4 Å². The van der Waals surface area contributed by atoms with Crippen molar-refractivity contribution in [3.05, 3.63) is 101 Å². The molecule has 4 heteroatoms. The number of phenolic OH excluding ortho intramolecular Hbond substituents is 1. The minimum absolute atomic E-state index is 0.230. The molecule has 0 aliphatic heterocycles. The van der Waals surface area contributed by atoms with Crippen LogP contribution in [0.3, 0.4) is 0 Å². The Morgan fingerprint density at radius 3 is 2.34 bits per heavy atom. The Labute approximate surface area is 167 Å². The highest BCUT2D eigenvalue weighted by molar-refractivity contribution is 5.90. The van der Waals surface area contributed by atoms with Crippen LogP contribution in [-0.2, 0) is 12.8 Å². The molecule has 0 unspecified atom stereocenters. The van der Waals surface area contributed by atoms with Gasteiger partial charge >= 0.3 is 5.97 Å². The number of carbonyl (C=O) groups is 1. The van der Waals surface area contributed by atoms with Crippen molar-refractivity contribution in [2.24, 2.45) is 0 Å². The van der Waals surface area contributed by atoms with Crippen molar-refractivity contribution >= 4 is 16.7 Å².